The van der Waals surface area contributed by atoms with Gasteiger partial charge in [-0.1, -0.05) is 18.2 Å². The Kier molecular flexibility index (Phi) is 4.92. The molecule has 0 radical (unpaired) electrons. The lowest BCUT2D eigenvalue weighted by Gasteiger charge is -2.30. The van der Waals surface area contributed by atoms with E-state index in [-0.39, 0.29) is 35.5 Å². The monoisotopic (exact) mass is 324 g/mol. The fraction of sp³-hybridized carbons (Fsp3) is 0.562. The van der Waals surface area contributed by atoms with E-state index in [1.54, 1.807) is 4.90 Å². The second-order valence-electron chi connectivity index (χ2n) is 6.76. The summed E-state index contributed by atoms with van der Waals surface area (Å²) >= 11 is 0. The minimum Gasteiger partial charge on any atom is -0.307 e. The number of benzene rings is 1. The smallest absolute Gasteiger partial charge is 0.241 e. The first kappa shape index (κ1) is 17.0. The predicted octanol–water partition coefficient (Wildman–Crippen LogP) is 1.59. The zero-order valence-electron chi connectivity index (χ0n) is 13.4. The van der Waals surface area contributed by atoms with Gasteiger partial charge < -0.3 is 10.2 Å². The van der Waals surface area contributed by atoms with Crippen molar-refractivity contribution in [3.8, 4) is 0 Å². The predicted molar refractivity (Wildman–Crippen MR) is 88.7 cm³/mol. The van der Waals surface area contributed by atoms with Gasteiger partial charge in [0.25, 0.3) is 0 Å². The maximum Gasteiger partial charge on any atom is 0.241 e. The second kappa shape index (κ2) is 6.38. The third-order valence-electron chi connectivity index (χ3n) is 3.65. The molecule has 0 aliphatic carbocycles. The number of nitrogens with one attached hydrogen (secondary N) is 1. The molecule has 1 aromatic rings. The Hall–Kier alpha value is -1.40. The SMILES string of the molecule is CC(C)(C)NCC(=O)N(c1ccccc1)[C@H]1CCS(=O)(=O)C1. The number of carbonyl (C=O) groups is 1. The van der Waals surface area contributed by atoms with Gasteiger partial charge in [0.2, 0.25) is 5.91 Å². The van der Waals surface area contributed by atoms with Crippen molar-refractivity contribution in [2.75, 3.05) is 23.0 Å². The van der Waals surface area contributed by atoms with E-state index < -0.39 is 9.84 Å². The minimum absolute atomic E-state index is 0.0448. The average Bonchev–Trinajstić information content (AvgIpc) is 2.77. The molecule has 1 aromatic carbocycles. The Labute approximate surface area is 132 Å². The molecule has 1 atom stereocenters. The zero-order chi connectivity index (χ0) is 16.4. The second-order valence-corrected chi connectivity index (χ2v) is 8.99. The van der Waals surface area contributed by atoms with Crippen LogP contribution in [0.1, 0.15) is 27.2 Å². The van der Waals surface area contributed by atoms with Crippen molar-refractivity contribution in [3.05, 3.63) is 30.3 Å². The summed E-state index contributed by atoms with van der Waals surface area (Å²) in [5, 5.41) is 3.18. The van der Waals surface area contributed by atoms with Crippen LogP contribution in [0, 0.1) is 0 Å². The summed E-state index contributed by atoms with van der Waals surface area (Å²) in [5.74, 6) is 0.104. The molecule has 0 spiro atoms. The van der Waals surface area contributed by atoms with Gasteiger partial charge >= 0.3 is 0 Å². The molecule has 5 nitrogen and oxygen atoms in total. The summed E-state index contributed by atoms with van der Waals surface area (Å²) in [6.07, 6.45) is 0.498. The van der Waals surface area contributed by atoms with Crippen LogP contribution >= 0.6 is 0 Å². The van der Waals surface area contributed by atoms with Gasteiger partial charge in [-0.15, -0.1) is 0 Å². The molecule has 1 amide bonds. The summed E-state index contributed by atoms with van der Waals surface area (Å²) in [7, 11) is -3.04. The molecule has 0 unspecified atom stereocenters. The Bertz CT molecular complexity index is 621. The van der Waals surface area contributed by atoms with Crippen LogP contribution in [0.5, 0.6) is 0 Å². The van der Waals surface area contributed by atoms with Crippen molar-refractivity contribution in [2.24, 2.45) is 0 Å². The van der Waals surface area contributed by atoms with Gasteiger partial charge in [-0.25, -0.2) is 8.42 Å². The molecule has 1 fully saturated rings. The van der Waals surface area contributed by atoms with Gasteiger partial charge in [0.15, 0.2) is 9.84 Å². The number of amides is 1. The third kappa shape index (κ3) is 4.55. The fourth-order valence-corrected chi connectivity index (χ4v) is 4.25. The van der Waals surface area contributed by atoms with Crippen molar-refractivity contribution in [1.82, 2.24) is 5.32 Å². The molecule has 1 aliphatic rings. The number of rotatable bonds is 4. The molecule has 1 heterocycles. The first-order chi connectivity index (χ1) is 10.2. The average molecular weight is 324 g/mol. The molecule has 1 aliphatic heterocycles. The Morgan fingerprint density at radius 3 is 2.41 bits per heavy atom. The summed E-state index contributed by atoms with van der Waals surface area (Å²) in [6, 6.07) is 9.01. The lowest BCUT2D eigenvalue weighted by molar-refractivity contribution is -0.118. The van der Waals surface area contributed by atoms with Gasteiger partial charge in [0.1, 0.15) is 0 Å². The van der Waals surface area contributed by atoms with Crippen molar-refractivity contribution < 1.29 is 13.2 Å². The highest BCUT2D eigenvalue weighted by Crippen LogP contribution is 2.24. The molecule has 122 valence electrons. The molecule has 1 saturated heterocycles. The van der Waals surface area contributed by atoms with Crippen LogP contribution in [0.4, 0.5) is 5.69 Å². The standard InChI is InChI=1S/C16H24N2O3S/c1-16(2,3)17-11-15(19)18(13-7-5-4-6-8-13)14-9-10-22(20,21)12-14/h4-8,14,17H,9-12H2,1-3H3/t14-/m0/s1. The highest BCUT2D eigenvalue weighted by atomic mass is 32.2. The summed E-state index contributed by atoms with van der Waals surface area (Å²) < 4.78 is 23.5. The highest BCUT2D eigenvalue weighted by Gasteiger charge is 2.35. The Morgan fingerprint density at radius 1 is 1.27 bits per heavy atom. The van der Waals surface area contributed by atoms with E-state index in [9.17, 15) is 13.2 Å². The third-order valence-corrected chi connectivity index (χ3v) is 5.40. The van der Waals surface area contributed by atoms with E-state index in [1.165, 1.54) is 0 Å². The summed E-state index contributed by atoms with van der Waals surface area (Å²) in [5.41, 5.74) is 0.588. The van der Waals surface area contributed by atoms with Gasteiger partial charge in [0.05, 0.1) is 24.1 Å². The van der Waals surface area contributed by atoms with Crippen LogP contribution in [0.25, 0.3) is 0 Å². The van der Waals surface area contributed by atoms with E-state index in [4.69, 9.17) is 0 Å². The lowest BCUT2D eigenvalue weighted by atomic mass is 10.1. The van der Waals surface area contributed by atoms with E-state index in [2.05, 4.69) is 5.32 Å². The number of nitrogens with zero attached hydrogens (tertiary/aromatic N) is 1. The first-order valence-corrected chi connectivity index (χ1v) is 9.33. The van der Waals surface area contributed by atoms with Crippen molar-refractivity contribution >= 4 is 21.4 Å². The molecular formula is C16H24N2O3S. The van der Waals surface area contributed by atoms with Gasteiger partial charge in [-0.2, -0.15) is 0 Å². The van der Waals surface area contributed by atoms with E-state index in [0.717, 1.165) is 5.69 Å². The molecule has 6 heteroatoms. The van der Waals surface area contributed by atoms with Crippen molar-refractivity contribution in [1.29, 1.82) is 0 Å². The topological polar surface area (TPSA) is 66.5 Å². The molecule has 22 heavy (non-hydrogen) atoms. The lowest BCUT2D eigenvalue weighted by Crippen LogP contribution is -2.49. The van der Waals surface area contributed by atoms with Crippen LogP contribution in [0.3, 0.4) is 0 Å². The van der Waals surface area contributed by atoms with Gasteiger partial charge in [-0.3, -0.25) is 4.79 Å². The quantitative estimate of drug-likeness (QED) is 0.913. The summed E-state index contributed by atoms with van der Waals surface area (Å²) in [4.78, 5) is 14.3. The zero-order valence-corrected chi connectivity index (χ0v) is 14.2. The number of anilines is 1. The van der Waals surface area contributed by atoms with Gasteiger partial charge in [-0.05, 0) is 39.3 Å². The van der Waals surface area contributed by atoms with Crippen molar-refractivity contribution in [3.63, 3.8) is 0 Å². The molecule has 1 N–H and O–H groups in total. The molecule has 2 rings (SSSR count). The van der Waals surface area contributed by atoms with Gasteiger partial charge in [0, 0.05) is 11.2 Å². The van der Waals surface area contributed by atoms with Crippen LogP contribution in [0.2, 0.25) is 0 Å². The molecular weight excluding hydrogens is 300 g/mol. The van der Waals surface area contributed by atoms with Crippen LogP contribution < -0.4 is 10.2 Å². The van der Waals surface area contributed by atoms with Crippen LogP contribution in [-0.4, -0.2) is 44.0 Å². The largest absolute Gasteiger partial charge is 0.307 e. The number of para-hydroxylation sites is 1. The fourth-order valence-electron chi connectivity index (χ4n) is 2.55. The maximum atomic E-state index is 12.7. The minimum atomic E-state index is -3.04. The Morgan fingerprint density at radius 2 is 1.91 bits per heavy atom. The molecule has 0 bridgehead atoms. The van der Waals surface area contributed by atoms with E-state index in [0.29, 0.717) is 6.42 Å². The number of sulfone groups is 1. The maximum absolute atomic E-state index is 12.7. The Balaban J connectivity index is 2.21. The number of hydrogen-bond donors (Lipinski definition) is 1. The molecule has 0 aromatic heterocycles. The first-order valence-electron chi connectivity index (χ1n) is 7.50. The summed E-state index contributed by atoms with van der Waals surface area (Å²) in [6.45, 7) is 6.17. The van der Waals surface area contributed by atoms with E-state index in [1.807, 2.05) is 51.1 Å². The van der Waals surface area contributed by atoms with Crippen LogP contribution in [-0.2, 0) is 14.6 Å². The molecule has 0 saturated carbocycles. The van der Waals surface area contributed by atoms with E-state index >= 15 is 0 Å². The number of carbonyl (C=O) groups excluding carboxylic acids is 1. The normalized spacial score (nSPS) is 20.8. The van der Waals surface area contributed by atoms with Crippen molar-refractivity contribution in [2.45, 2.75) is 38.8 Å². The van der Waals surface area contributed by atoms with Crippen LogP contribution in [0.15, 0.2) is 30.3 Å². The number of hydrogen-bond acceptors (Lipinski definition) is 4. The highest BCUT2D eigenvalue weighted by molar-refractivity contribution is 7.91.